The van der Waals surface area contributed by atoms with E-state index in [1.807, 2.05) is 12.1 Å². The summed E-state index contributed by atoms with van der Waals surface area (Å²) >= 11 is 11.9. The molecule has 1 N–H and O–H groups in total. The van der Waals surface area contributed by atoms with Crippen LogP contribution in [0.5, 0.6) is 5.75 Å². The standard InChI is InChI=1S/C23H21Cl2N3O4/c24-16-3-1-15(2-4-16)12-23(14-26)7-9-27(10-8-23)21(29)20-13-28(22(30)31)18-11-17(25)5-6-19(18)32-20/h1-6,11,20H,7-10,12-13H2,(H,30,31). The maximum Gasteiger partial charge on any atom is 0.412 e. The molecule has 9 heteroatoms. The number of likely N-dealkylation sites (tertiary alicyclic amines) is 1. The highest BCUT2D eigenvalue weighted by molar-refractivity contribution is 6.31. The number of fused-ring (bicyclic) bond motifs is 1. The van der Waals surface area contributed by atoms with Crippen LogP contribution in [0.2, 0.25) is 10.0 Å². The number of benzene rings is 2. The van der Waals surface area contributed by atoms with Gasteiger partial charge in [-0.15, -0.1) is 0 Å². The van der Waals surface area contributed by atoms with E-state index in [0.717, 1.165) is 10.5 Å². The minimum Gasteiger partial charge on any atom is -0.476 e. The molecule has 4 rings (SSSR count). The van der Waals surface area contributed by atoms with Gasteiger partial charge < -0.3 is 14.7 Å². The molecular formula is C23H21Cl2N3O4. The van der Waals surface area contributed by atoms with Crippen molar-refractivity contribution in [3.05, 3.63) is 58.1 Å². The molecule has 2 amide bonds. The number of anilines is 1. The highest BCUT2D eigenvalue weighted by Gasteiger charge is 2.41. The SMILES string of the molecule is N#CC1(Cc2ccc(Cl)cc2)CCN(C(=O)C2CN(C(=O)O)c3cc(Cl)ccc3O2)CC1. The molecule has 0 bridgehead atoms. The fourth-order valence-electron chi connectivity index (χ4n) is 4.25. The Morgan fingerprint density at radius 2 is 1.78 bits per heavy atom. The predicted octanol–water partition coefficient (Wildman–Crippen LogP) is 4.61. The summed E-state index contributed by atoms with van der Waals surface area (Å²) in [5, 5.41) is 20.5. The normalized spacial score (nSPS) is 19.5. The maximum absolute atomic E-state index is 13.2. The third-order valence-corrected chi connectivity index (χ3v) is 6.55. The van der Waals surface area contributed by atoms with Gasteiger partial charge in [0.25, 0.3) is 5.91 Å². The van der Waals surface area contributed by atoms with Gasteiger partial charge in [0.15, 0.2) is 6.10 Å². The number of ether oxygens (including phenoxy) is 1. The van der Waals surface area contributed by atoms with Crippen molar-refractivity contribution < 1.29 is 19.4 Å². The summed E-state index contributed by atoms with van der Waals surface area (Å²) in [4.78, 5) is 27.6. The third-order valence-electron chi connectivity index (χ3n) is 6.06. The van der Waals surface area contributed by atoms with Gasteiger partial charge >= 0.3 is 6.09 Å². The summed E-state index contributed by atoms with van der Waals surface area (Å²) in [5.41, 5.74) is 0.784. The van der Waals surface area contributed by atoms with Crippen LogP contribution in [-0.2, 0) is 11.2 Å². The van der Waals surface area contributed by atoms with Gasteiger partial charge in [-0.05, 0) is 55.2 Å². The van der Waals surface area contributed by atoms with Crippen molar-refractivity contribution >= 4 is 40.9 Å². The van der Waals surface area contributed by atoms with Crippen LogP contribution in [0.25, 0.3) is 0 Å². The Morgan fingerprint density at radius 1 is 1.12 bits per heavy atom. The van der Waals surface area contributed by atoms with E-state index in [4.69, 9.17) is 27.9 Å². The van der Waals surface area contributed by atoms with Gasteiger partial charge in [0, 0.05) is 23.1 Å². The highest BCUT2D eigenvalue weighted by Crippen LogP contribution is 2.38. The third kappa shape index (κ3) is 4.47. The average molecular weight is 474 g/mol. The number of hydrogen-bond donors (Lipinski definition) is 1. The molecule has 0 spiro atoms. The van der Waals surface area contributed by atoms with Crippen molar-refractivity contribution in [1.29, 1.82) is 5.26 Å². The van der Waals surface area contributed by atoms with Crippen LogP contribution < -0.4 is 9.64 Å². The first kappa shape index (κ1) is 22.3. The maximum atomic E-state index is 13.2. The average Bonchev–Trinajstić information content (AvgIpc) is 2.80. The summed E-state index contributed by atoms with van der Waals surface area (Å²) in [6.45, 7) is 0.687. The lowest BCUT2D eigenvalue weighted by atomic mass is 9.75. The smallest absolute Gasteiger partial charge is 0.412 e. The van der Waals surface area contributed by atoms with Crippen LogP contribution in [0.1, 0.15) is 18.4 Å². The number of rotatable bonds is 3. The topological polar surface area (TPSA) is 93.9 Å². The minimum absolute atomic E-state index is 0.119. The van der Waals surface area contributed by atoms with Crippen LogP contribution in [-0.4, -0.2) is 47.7 Å². The first-order chi connectivity index (χ1) is 15.3. The lowest BCUT2D eigenvalue weighted by Gasteiger charge is -2.40. The lowest BCUT2D eigenvalue weighted by Crippen LogP contribution is -2.54. The molecule has 32 heavy (non-hydrogen) atoms. The Bertz CT molecular complexity index is 1080. The summed E-state index contributed by atoms with van der Waals surface area (Å²) in [6, 6.07) is 14.6. The molecule has 1 atom stereocenters. The fraction of sp³-hybridized carbons (Fsp3) is 0.348. The van der Waals surface area contributed by atoms with E-state index in [1.165, 1.54) is 6.07 Å². The Morgan fingerprint density at radius 3 is 2.41 bits per heavy atom. The van der Waals surface area contributed by atoms with Crippen molar-refractivity contribution in [2.24, 2.45) is 5.41 Å². The Kier molecular flexibility index (Phi) is 6.18. The number of hydrogen-bond acceptors (Lipinski definition) is 4. The van der Waals surface area contributed by atoms with Gasteiger partial charge in [-0.2, -0.15) is 5.26 Å². The van der Waals surface area contributed by atoms with Crippen molar-refractivity contribution in [2.75, 3.05) is 24.5 Å². The first-order valence-corrected chi connectivity index (χ1v) is 11.0. The van der Waals surface area contributed by atoms with Crippen LogP contribution in [0.3, 0.4) is 0 Å². The Labute approximate surface area is 195 Å². The van der Waals surface area contributed by atoms with E-state index >= 15 is 0 Å². The largest absolute Gasteiger partial charge is 0.476 e. The van der Waals surface area contributed by atoms with E-state index in [2.05, 4.69) is 6.07 Å². The molecule has 1 unspecified atom stereocenters. The molecule has 1 fully saturated rings. The van der Waals surface area contributed by atoms with Crippen molar-refractivity contribution in [1.82, 2.24) is 4.90 Å². The number of carboxylic acid groups (broad SMARTS) is 1. The summed E-state index contributed by atoms with van der Waals surface area (Å²) in [7, 11) is 0. The number of amides is 2. The predicted molar refractivity (Wildman–Crippen MR) is 120 cm³/mol. The van der Waals surface area contributed by atoms with Gasteiger partial charge in [0.05, 0.1) is 23.7 Å². The molecular weight excluding hydrogens is 453 g/mol. The van der Waals surface area contributed by atoms with E-state index in [-0.39, 0.29) is 12.5 Å². The molecule has 2 aliphatic heterocycles. The van der Waals surface area contributed by atoms with Gasteiger partial charge in [-0.1, -0.05) is 35.3 Å². The van der Waals surface area contributed by atoms with E-state index in [0.29, 0.717) is 53.8 Å². The van der Waals surface area contributed by atoms with Crippen LogP contribution >= 0.6 is 23.2 Å². The van der Waals surface area contributed by atoms with Crippen LogP contribution in [0, 0.1) is 16.7 Å². The molecule has 0 aliphatic carbocycles. The van der Waals surface area contributed by atoms with Gasteiger partial charge in [0.1, 0.15) is 5.75 Å². The van der Waals surface area contributed by atoms with Gasteiger partial charge in [0.2, 0.25) is 0 Å². The number of piperidine rings is 1. The van der Waals surface area contributed by atoms with E-state index < -0.39 is 17.6 Å². The summed E-state index contributed by atoms with van der Waals surface area (Å²) in [6.07, 6.45) is -0.493. The molecule has 1 saturated heterocycles. The van der Waals surface area contributed by atoms with Crippen molar-refractivity contribution in [3.63, 3.8) is 0 Å². The van der Waals surface area contributed by atoms with Crippen LogP contribution in [0.15, 0.2) is 42.5 Å². The number of halogens is 2. The summed E-state index contributed by atoms with van der Waals surface area (Å²) < 4.78 is 5.84. The van der Waals surface area contributed by atoms with Gasteiger partial charge in [-0.3, -0.25) is 9.69 Å². The van der Waals surface area contributed by atoms with Crippen molar-refractivity contribution in [2.45, 2.75) is 25.4 Å². The molecule has 2 aliphatic rings. The molecule has 2 aromatic rings. The van der Waals surface area contributed by atoms with E-state index in [1.54, 1.807) is 29.2 Å². The van der Waals surface area contributed by atoms with Gasteiger partial charge in [-0.25, -0.2) is 4.79 Å². The second kappa shape index (κ2) is 8.89. The second-order valence-electron chi connectivity index (χ2n) is 8.13. The van der Waals surface area contributed by atoms with Crippen molar-refractivity contribution in [3.8, 4) is 11.8 Å². The minimum atomic E-state index is -1.18. The molecule has 7 nitrogen and oxygen atoms in total. The number of nitriles is 1. The molecule has 166 valence electrons. The zero-order valence-corrected chi connectivity index (χ0v) is 18.6. The number of nitrogens with zero attached hydrogens (tertiary/aromatic N) is 3. The fourth-order valence-corrected chi connectivity index (χ4v) is 4.54. The lowest BCUT2D eigenvalue weighted by molar-refractivity contribution is -0.140. The zero-order valence-electron chi connectivity index (χ0n) is 17.1. The number of carbonyl (C=O) groups is 2. The second-order valence-corrected chi connectivity index (χ2v) is 9.01. The van der Waals surface area contributed by atoms with Crippen LogP contribution in [0.4, 0.5) is 10.5 Å². The highest BCUT2D eigenvalue weighted by atomic mass is 35.5. The Balaban J connectivity index is 1.45. The quantitative estimate of drug-likeness (QED) is 0.701. The molecule has 0 saturated carbocycles. The monoisotopic (exact) mass is 473 g/mol. The molecule has 0 radical (unpaired) electrons. The summed E-state index contributed by atoms with van der Waals surface area (Å²) in [5.74, 6) is 0.0161. The molecule has 2 aromatic carbocycles. The molecule has 2 heterocycles. The Hall–Kier alpha value is -2.95. The number of carbonyl (C=O) groups excluding carboxylic acids is 1. The molecule has 0 aromatic heterocycles. The first-order valence-electron chi connectivity index (χ1n) is 10.2. The van der Waals surface area contributed by atoms with E-state index in [9.17, 15) is 20.0 Å². The zero-order chi connectivity index (χ0) is 22.9.